The van der Waals surface area contributed by atoms with Crippen LogP contribution in [0.1, 0.15) is 59.1 Å². The third-order valence-electron chi connectivity index (χ3n) is 7.35. The van der Waals surface area contributed by atoms with E-state index in [-0.39, 0.29) is 37.6 Å². The molecule has 0 saturated carbocycles. The summed E-state index contributed by atoms with van der Waals surface area (Å²) in [7, 11) is 0. The van der Waals surface area contributed by atoms with Crippen LogP contribution >= 0.6 is 0 Å². The highest BCUT2D eigenvalue weighted by Gasteiger charge is 2.55. The lowest BCUT2D eigenvalue weighted by Gasteiger charge is -2.34. The third kappa shape index (κ3) is 8.38. The minimum absolute atomic E-state index is 0.0402. The van der Waals surface area contributed by atoms with Crippen LogP contribution in [0.2, 0.25) is 0 Å². The minimum atomic E-state index is -4.84. The summed E-state index contributed by atoms with van der Waals surface area (Å²) >= 11 is 0. The van der Waals surface area contributed by atoms with E-state index in [9.17, 15) is 31.5 Å². The van der Waals surface area contributed by atoms with Gasteiger partial charge in [0.05, 0.1) is 31.3 Å². The number of hydrogen-bond donors (Lipinski definition) is 0. The maximum Gasteiger partial charge on any atom is 0.573 e. The number of rotatable bonds is 7. The number of ether oxygens (including phenoxy) is 4. The molecule has 2 aliphatic rings. The van der Waals surface area contributed by atoms with Gasteiger partial charge in [-0.3, -0.25) is 9.69 Å². The van der Waals surface area contributed by atoms with Gasteiger partial charge in [0.25, 0.3) is 0 Å². The molecule has 0 unspecified atom stereocenters. The van der Waals surface area contributed by atoms with Crippen LogP contribution in [0.4, 0.5) is 26.7 Å². The van der Waals surface area contributed by atoms with Crippen LogP contribution < -0.4 is 4.74 Å². The molecule has 0 aromatic heterocycles. The van der Waals surface area contributed by atoms with Gasteiger partial charge in [0, 0.05) is 13.0 Å². The lowest BCUT2D eigenvalue weighted by atomic mass is 9.94. The second-order valence-corrected chi connectivity index (χ2v) is 12.5. The normalized spacial score (nSPS) is 23.6. The molecule has 0 bridgehead atoms. The lowest BCUT2D eigenvalue weighted by molar-refractivity contribution is -0.274. The topological polar surface area (TPSA) is 77.5 Å². The molecule has 13 heteroatoms. The molecule has 4 atom stereocenters. The first kappa shape index (κ1) is 33.4. The van der Waals surface area contributed by atoms with Crippen molar-refractivity contribution in [2.45, 2.75) is 103 Å². The van der Waals surface area contributed by atoms with Crippen LogP contribution in [0.3, 0.4) is 0 Å². The van der Waals surface area contributed by atoms with Crippen LogP contribution in [-0.4, -0.2) is 70.3 Å². The van der Waals surface area contributed by atoms with E-state index in [1.165, 1.54) is 47.1 Å². The molecule has 2 aromatic rings. The zero-order chi connectivity index (χ0) is 32.6. The fraction of sp³-hybridized carbons (Fsp3) is 0.548. The minimum Gasteiger partial charge on any atom is -0.444 e. The van der Waals surface area contributed by atoms with Crippen molar-refractivity contribution in [1.29, 1.82) is 0 Å². The van der Waals surface area contributed by atoms with Gasteiger partial charge in [-0.2, -0.15) is 0 Å². The predicted molar refractivity (Wildman–Crippen MR) is 148 cm³/mol. The number of hydrogen-bond acceptors (Lipinski definition) is 6. The molecule has 2 saturated heterocycles. The Morgan fingerprint density at radius 2 is 1.68 bits per heavy atom. The van der Waals surface area contributed by atoms with E-state index < -0.39 is 59.7 Å². The van der Waals surface area contributed by atoms with E-state index in [1.54, 1.807) is 40.7 Å². The Kier molecular flexibility index (Phi) is 9.51. The number of carbonyl (C=O) groups is 2. The Bertz CT molecular complexity index is 1340. The first-order valence-corrected chi connectivity index (χ1v) is 14.2. The van der Waals surface area contributed by atoms with Gasteiger partial charge >= 0.3 is 12.5 Å². The zero-order valence-corrected chi connectivity index (χ0v) is 25.4. The van der Waals surface area contributed by atoms with Crippen LogP contribution in [0, 0.1) is 11.6 Å². The zero-order valence-electron chi connectivity index (χ0n) is 25.4. The predicted octanol–water partition coefficient (Wildman–Crippen LogP) is 6.35. The van der Waals surface area contributed by atoms with Crippen molar-refractivity contribution in [3.05, 3.63) is 65.2 Å². The van der Waals surface area contributed by atoms with Gasteiger partial charge in [-0.25, -0.2) is 13.6 Å². The lowest BCUT2D eigenvalue weighted by Crippen LogP contribution is -2.52. The van der Waals surface area contributed by atoms with Crippen molar-refractivity contribution >= 4 is 12.0 Å². The van der Waals surface area contributed by atoms with Gasteiger partial charge in [-0.15, -0.1) is 13.2 Å². The molecule has 8 nitrogen and oxygen atoms in total. The summed E-state index contributed by atoms with van der Waals surface area (Å²) in [4.78, 5) is 29.3. The molecular formula is C31H37F5N2O6. The number of alkyl halides is 3. The monoisotopic (exact) mass is 628 g/mol. The molecule has 4 rings (SSSR count). The van der Waals surface area contributed by atoms with E-state index in [4.69, 9.17) is 14.2 Å². The molecular weight excluding hydrogens is 591 g/mol. The number of nitrogens with zero attached hydrogens (tertiary/aromatic N) is 2. The summed E-state index contributed by atoms with van der Waals surface area (Å²) in [6.07, 6.45) is -6.60. The molecule has 242 valence electrons. The summed E-state index contributed by atoms with van der Waals surface area (Å²) in [6, 6.07) is 7.13. The van der Waals surface area contributed by atoms with Gasteiger partial charge < -0.3 is 23.8 Å². The quantitative estimate of drug-likeness (QED) is 0.333. The van der Waals surface area contributed by atoms with E-state index in [1.807, 2.05) is 0 Å². The number of carbonyl (C=O) groups excluding carboxylic acids is 2. The Morgan fingerprint density at radius 1 is 1.02 bits per heavy atom. The van der Waals surface area contributed by atoms with Gasteiger partial charge in [0.1, 0.15) is 34.8 Å². The van der Waals surface area contributed by atoms with Crippen molar-refractivity contribution in [3.63, 3.8) is 0 Å². The van der Waals surface area contributed by atoms with Crippen LogP contribution in [-0.2, 0) is 32.0 Å². The number of halogens is 5. The summed E-state index contributed by atoms with van der Waals surface area (Å²) < 4.78 is 88.5. The highest BCUT2D eigenvalue weighted by atomic mass is 19.4. The van der Waals surface area contributed by atoms with E-state index in [0.29, 0.717) is 11.1 Å². The van der Waals surface area contributed by atoms with Crippen LogP contribution in [0.25, 0.3) is 0 Å². The molecule has 0 radical (unpaired) electrons. The standard InChI is InChI=1S/C31H37F5N2O6/c1-18(39)38-26(13-20-10-21(32)14-22(33)11-20)27(43-30(38,5)6)25-15-24(16-37(25)28(40)44-29(2,3)4)41-17-19-8-7-9-23(12-19)42-31(34,35)36/h7-12,14,24-27H,13,15-17H2,1-6H3/t24-,25-,26+,27-/m1/s1. The second kappa shape index (κ2) is 12.5. The first-order valence-electron chi connectivity index (χ1n) is 14.2. The highest BCUT2D eigenvalue weighted by Crippen LogP contribution is 2.40. The Hall–Kier alpha value is -3.45. The highest BCUT2D eigenvalue weighted by molar-refractivity contribution is 5.75. The molecule has 44 heavy (non-hydrogen) atoms. The van der Waals surface area contributed by atoms with Gasteiger partial charge in [-0.05, 0) is 82.9 Å². The largest absolute Gasteiger partial charge is 0.573 e. The van der Waals surface area contributed by atoms with Crippen molar-refractivity contribution < 1.29 is 50.5 Å². The smallest absolute Gasteiger partial charge is 0.444 e. The average molecular weight is 629 g/mol. The molecule has 0 aliphatic carbocycles. The molecule has 2 amide bonds. The van der Waals surface area contributed by atoms with E-state index in [2.05, 4.69) is 4.74 Å². The van der Waals surface area contributed by atoms with Crippen LogP contribution in [0.15, 0.2) is 42.5 Å². The second-order valence-electron chi connectivity index (χ2n) is 12.5. The summed E-state index contributed by atoms with van der Waals surface area (Å²) in [5.74, 6) is -2.24. The summed E-state index contributed by atoms with van der Waals surface area (Å²) in [5.41, 5.74) is -1.23. The maximum absolute atomic E-state index is 14.1. The van der Waals surface area contributed by atoms with Gasteiger partial charge in [0.15, 0.2) is 0 Å². The SMILES string of the molecule is CC(=O)N1[C@@H](Cc2cc(F)cc(F)c2)[C@@H]([C@H]2C[C@@H](OCc3cccc(OC(F)(F)F)c3)CN2C(=O)OC(C)(C)C)OC1(C)C. The number of benzene rings is 2. The molecule has 2 fully saturated rings. The van der Waals surface area contributed by atoms with Crippen molar-refractivity contribution in [2.24, 2.45) is 0 Å². The Labute approximate surface area is 253 Å². The number of amides is 2. The number of likely N-dealkylation sites (tertiary alicyclic amines) is 1. The Morgan fingerprint density at radius 3 is 2.27 bits per heavy atom. The van der Waals surface area contributed by atoms with Crippen LogP contribution in [0.5, 0.6) is 5.75 Å². The fourth-order valence-electron chi connectivity index (χ4n) is 5.98. The molecule has 0 spiro atoms. The van der Waals surface area contributed by atoms with E-state index in [0.717, 1.165) is 6.07 Å². The van der Waals surface area contributed by atoms with Crippen molar-refractivity contribution in [2.75, 3.05) is 6.54 Å². The molecule has 2 heterocycles. The van der Waals surface area contributed by atoms with Gasteiger partial charge in [0.2, 0.25) is 5.91 Å². The maximum atomic E-state index is 14.1. The summed E-state index contributed by atoms with van der Waals surface area (Å²) in [6.45, 7) is 9.91. The third-order valence-corrected chi connectivity index (χ3v) is 7.35. The molecule has 2 aromatic carbocycles. The molecule has 2 aliphatic heterocycles. The average Bonchev–Trinajstić information content (AvgIpc) is 3.38. The van der Waals surface area contributed by atoms with Gasteiger partial charge in [-0.1, -0.05) is 12.1 Å². The molecule has 0 N–H and O–H groups in total. The van der Waals surface area contributed by atoms with Crippen molar-refractivity contribution in [1.82, 2.24) is 9.80 Å². The van der Waals surface area contributed by atoms with E-state index >= 15 is 0 Å². The Balaban J connectivity index is 1.62. The fourth-order valence-corrected chi connectivity index (χ4v) is 5.98. The summed E-state index contributed by atoms with van der Waals surface area (Å²) in [5, 5.41) is 0. The first-order chi connectivity index (χ1) is 20.3. The van der Waals surface area contributed by atoms with Crippen molar-refractivity contribution in [3.8, 4) is 5.75 Å².